The van der Waals surface area contributed by atoms with E-state index < -0.39 is 0 Å². The van der Waals surface area contributed by atoms with Gasteiger partial charge in [0.1, 0.15) is 0 Å². The van der Waals surface area contributed by atoms with Gasteiger partial charge in [-0.3, -0.25) is 4.79 Å². The van der Waals surface area contributed by atoms with E-state index in [1.165, 1.54) is 17.2 Å². The second-order valence-corrected chi connectivity index (χ2v) is 4.12. The fourth-order valence-electron chi connectivity index (χ4n) is 1.23. The van der Waals surface area contributed by atoms with E-state index in [1.807, 2.05) is 6.92 Å². The van der Waals surface area contributed by atoms with E-state index >= 15 is 0 Å². The Hall–Kier alpha value is -1.31. The molecule has 0 saturated carbocycles. The molecule has 1 amide bonds. The molecule has 0 aliphatic heterocycles. The van der Waals surface area contributed by atoms with Crippen molar-refractivity contribution in [3.8, 4) is 0 Å². The van der Waals surface area contributed by atoms with Gasteiger partial charge in [-0.25, -0.2) is 0 Å². The number of nitrogens with one attached hydrogen (secondary N) is 1. The molecule has 0 atom stereocenters. The molecule has 0 radical (unpaired) electrons. The number of carbonyl (C=O) groups excluding carboxylic acids is 1. The summed E-state index contributed by atoms with van der Waals surface area (Å²) >= 11 is 0. The van der Waals surface area contributed by atoms with E-state index in [4.69, 9.17) is 0 Å². The van der Waals surface area contributed by atoms with Gasteiger partial charge >= 0.3 is 0 Å². The SMILES string of the molecule is C/C=C/C(=O)NC/C=C(/C)CCC=C(C)C. The van der Waals surface area contributed by atoms with Gasteiger partial charge in [-0.1, -0.05) is 29.4 Å². The quantitative estimate of drug-likeness (QED) is 0.540. The molecule has 0 unspecified atom stereocenters. The Morgan fingerprint density at radius 1 is 1.19 bits per heavy atom. The highest BCUT2D eigenvalue weighted by Crippen LogP contribution is 2.05. The highest BCUT2D eigenvalue weighted by Gasteiger charge is 1.92. The number of rotatable bonds is 6. The Bertz CT molecular complexity index is 294. The van der Waals surface area contributed by atoms with Crippen LogP contribution in [0.2, 0.25) is 0 Å². The molecule has 0 bridgehead atoms. The fraction of sp³-hybridized carbons (Fsp3) is 0.500. The fourth-order valence-corrected chi connectivity index (χ4v) is 1.23. The van der Waals surface area contributed by atoms with E-state index in [0.717, 1.165) is 12.8 Å². The third-order valence-corrected chi connectivity index (χ3v) is 2.14. The molecular weight excluding hydrogens is 198 g/mol. The molecule has 90 valence electrons. The minimum atomic E-state index is -0.0316. The summed E-state index contributed by atoms with van der Waals surface area (Å²) in [6.07, 6.45) is 9.71. The molecule has 0 aliphatic carbocycles. The first-order valence-electron chi connectivity index (χ1n) is 5.75. The van der Waals surface area contributed by atoms with Crippen LogP contribution in [0.4, 0.5) is 0 Å². The summed E-state index contributed by atoms with van der Waals surface area (Å²) in [5.41, 5.74) is 2.67. The lowest BCUT2D eigenvalue weighted by molar-refractivity contribution is -0.116. The zero-order valence-electron chi connectivity index (χ0n) is 10.8. The molecular formula is C14H23NO. The van der Waals surface area contributed by atoms with Gasteiger partial charge in [-0.15, -0.1) is 0 Å². The molecule has 1 N–H and O–H groups in total. The van der Waals surface area contributed by atoms with Crippen LogP contribution < -0.4 is 5.32 Å². The van der Waals surface area contributed by atoms with Gasteiger partial charge in [-0.2, -0.15) is 0 Å². The third kappa shape index (κ3) is 9.25. The van der Waals surface area contributed by atoms with Crippen LogP contribution in [0.5, 0.6) is 0 Å². The average Bonchev–Trinajstić information content (AvgIpc) is 2.17. The van der Waals surface area contributed by atoms with Crippen molar-refractivity contribution >= 4 is 5.91 Å². The Labute approximate surface area is 99.1 Å². The second-order valence-electron chi connectivity index (χ2n) is 4.12. The highest BCUT2D eigenvalue weighted by atomic mass is 16.1. The molecule has 0 rings (SSSR count). The maximum atomic E-state index is 11.1. The van der Waals surface area contributed by atoms with E-state index in [9.17, 15) is 4.79 Å². The number of allylic oxidation sites excluding steroid dienone is 4. The second kappa shape index (κ2) is 8.96. The van der Waals surface area contributed by atoms with Crippen molar-refractivity contribution < 1.29 is 4.79 Å². The summed E-state index contributed by atoms with van der Waals surface area (Å²) in [7, 11) is 0. The minimum absolute atomic E-state index is 0.0316. The van der Waals surface area contributed by atoms with Crippen molar-refractivity contribution in [2.75, 3.05) is 6.54 Å². The number of amides is 1. The normalized spacial score (nSPS) is 11.6. The topological polar surface area (TPSA) is 29.1 Å². The van der Waals surface area contributed by atoms with Crippen molar-refractivity contribution in [3.05, 3.63) is 35.5 Å². The van der Waals surface area contributed by atoms with Gasteiger partial charge in [0.25, 0.3) is 0 Å². The Morgan fingerprint density at radius 2 is 1.88 bits per heavy atom. The molecule has 0 spiro atoms. The molecule has 0 aromatic heterocycles. The summed E-state index contributed by atoms with van der Waals surface area (Å²) in [5.74, 6) is -0.0316. The predicted molar refractivity (Wildman–Crippen MR) is 70.2 cm³/mol. The van der Waals surface area contributed by atoms with Crippen molar-refractivity contribution in [2.45, 2.75) is 40.5 Å². The van der Waals surface area contributed by atoms with Gasteiger partial charge in [0.2, 0.25) is 5.91 Å². The van der Waals surface area contributed by atoms with Crippen LogP contribution in [-0.2, 0) is 4.79 Å². The van der Waals surface area contributed by atoms with Crippen LogP contribution in [0, 0.1) is 0 Å². The van der Waals surface area contributed by atoms with Crippen molar-refractivity contribution in [1.82, 2.24) is 5.32 Å². The van der Waals surface area contributed by atoms with Crippen LogP contribution in [-0.4, -0.2) is 12.5 Å². The first-order valence-corrected chi connectivity index (χ1v) is 5.75. The lowest BCUT2D eigenvalue weighted by Crippen LogP contribution is -2.20. The predicted octanol–water partition coefficient (Wildman–Crippen LogP) is 3.37. The molecule has 0 aromatic carbocycles. The first-order chi connectivity index (χ1) is 7.56. The smallest absolute Gasteiger partial charge is 0.243 e. The lowest BCUT2D eigenvalue weighted by Gasteiger charge is -2.00. The third-order valence-electron chi connectivity index (χ3n) is 2.14. The molecule has 0 fully saturated rings. The summed E-state index contributed by atoms with van der Waals surface area (Å²) in [4.78, 5) is 11.1. The average molecular weight is 221 g/mol. The molecule has 16 heavy (non-hydrogen) atoms. The Morgan fingerprint density at radius 3 is 2.44 bits per heavy atom. The standard InChI is InChI=1S/C14H23NO/c1-5-7-14(16)15-11-10-13(4)9-6-8-12(2)3/h5,7-8,10H,6,9,11H2,1-4H3,(H,15,16)/b7-5+,13-10-. The molecule has 0 aliphatic rings. The minimum Gasteiger partial charge on any atom is -0.349 e. The van der Waals surface area contributed by atoms with Crippen LogP contribution in [0.1, 0.15) is 40.5 Å². The van der Waals surface area contributed by atoms with Crippen LogP contribution >= 0.6 is 0 Å². The molecule has 0 saturated heterocycles. The summed E-state index contributed by atoms with van der Waals surface area (Å²) in [5, 5.41) is 2.80. The van der Waals surface area contributed by atoms with E-state index in [0.29, 0.717) is 6.54 Å². The number of hydrogen-bond acceptors (Lipinski definition) is 1. The van der Waals surface area contributed by atoms with E-state index in [-0.39, 0.29) is 5.91 Å². The summed E-state index contributed by atoms with van der Waals surface area (Å²) in [6.45, 7) is 8.76. The molecule has 0 heterocycles. The summed E-state index contributed by atoms with van der Waals surface area (Å²) < 4.78 is 0. The van der Waals surface area contributed by atoms with Crippen LogP contribution in [0.15, 0.2) is 35.5 Å². The highest BCUT2D eigenvalue weighted by molar-refractivity contribution is 5.87. The van der Waals surface area contributed by atoms with Gasteiger partial charge in [0, 0.05) is 6.54 Å². The molecule has 0 aromatic rings. The van der Waals surface area contributed by atoms with Gasteiger partial charge in [0.05, 0.1) is 0 Å². The van der Waals surface area contributed by atoms with Gasteiger partial charge in [0.15, 0.2) is 0 Å². The van der Waals surface area contributed by atoms with Crippen LogP contribution in [0.3, 0.4) is 0 Å². The lowest BCUT2D eigenvalue weighted by atomic mass is 10.1. The zero-order valence-corrected chi connectivity index (χ0v) is 10.8. The number of hydrogen-bond donors (Lipinski definition) is 1. The molecule has 2 nitrogen and oxygen atoms in total. The van der Waals surface area contributed by atoms with Crippen molar-refractivity contribution in [1.29, 1.82) is 0 Å². The maximum absolute atomic E-state index is 11.1. The molecule has 2 heteroatoms. The van der Waals surface area contributed by atoms with E-state index in [2.05, 4.69) is 38.2 Å². The monoisotopic (exact) mass is 221 g/mol. The van der Waals surface area contributed by atoms with Crippen LogP contribution in [0.25, 0.3) is 0 Å². The number of carbonyl (C=O) groups is 1. The summed E-state index contributed by atoms with van der Waals surface area (Å²) in [6, 6.07) is 0. The van der Waals surface area contributed by atoms with Crippen molar-refractivity contribution in [3.63, 3.8) is 0 Å². The van der Waals surface area contributed by atoms with Gasteiger partial charge < -0.3 is 5.32 Å². The Kier molecular flexibility index (Phi) is 8.22. The maximum Gasteiger partial charge on any atom is 0.243 e. The first kappa shape index (κ1) is 14.7. The van der Waals surface area contributed by atoms with Crippen molar-refractivity contribution in [2.24, 2.45) is 0 Å². The largest absolute Gasteiger partial charge is 0.349 e. The van der Waals surface area contributed by atoms with Gasteiger partial charge in [-0.05, 0) is 46.6 Å². The zero-order chi connectivity index (χ0) is 12.4. The van der Waals surface area contributed by atoms with E-state index in [1.54, 1.807) is 6.08 Å². The Balaban J connectivity index is 3.79.